The summed E-state index contributed by atoms with van der Waals surface area (Å²) in [5, 5.41) is 0. The first-order valence-electron chi connectivity index (χ1n) is 3.07. The van der Waals surface area contributed by atoms with Gasteiger partial charge in [-0.05, 0) is 7.05 Å². The predicted octanol–water partition coefficient (Wildman–Crippen LogP) is -0.573. The first kappa shape index (κ1) is 8.99. The quantitative estimate of drug-likeness (QED) is 0.531. The molecule has 0 unspecified atom stereocenters. The molecule has 1 amide bonds. The van der Waals surface area contributed by atoms with Crippen LogP contribution in [0.15, 0.2) is 0 Å². The summed E-state index contributed by atoms with van der Waals surface area (Å²) in [7, 11) is 1.81. The van der Waals surface area contributed by atoms with Gasteiger partial charge in [-0.25, -0.2) is 0 Å². The molecule has 0 atom stereocenters. The van der Waals surface area contributed by atoms with Crippen LogP contribution in [0.4, 0.5) is 0 Å². The monoisotopic (exact) mass is 140 g/mol. The second-order valence-corrected chi connectivity index (χ2v) is 2.16. The molecule has 0 aliphatic rings. The number of nitrogens with zero attached hydrogens (tertiary/aromatic N) is 1. The topological polar surface area (TPSA) is 46.3 Å². The van der Waals surface area contributed by atoms with Gasteiger partial charge in [0, 0.05) is 13.0 Å². The number of amides is 1. The molecule has 2 N–H and O–H groups in total. The van der Waals surface area contributed by atoms with Crippen LogP contribution in [0.1, 0.15) is 6.42 Å². The Bertz CT molecular complexity index is 148. The number of hydrogen-bond donors (Lipinski definition) is 1. The van der Waals surface area contributed by atoms with E-state index in [1.807, 2.05) is 7.05 Å². The lowest BCUT2D eigenvalue weighted by atomic mass is 10.4. The van der Waals surface area contributed by atoms with Crippen molar-refractivity contribution in [2.45, 2.75) is 6.42 Å². The van der Waals surface area contributed by atoms with E-state index in [1.54, 1.807) is 4.90 Å². The van der Waals surface area contributed by atoms with Crippen molar-refractivity contribution in [3.63, 3.8) is 0 Å². The molecule has 56 valence electrons. The van der Waals surface area contributed by atoms with E-state index in [0.29, 0.717) is 6.42 Å². The highest BCUT2D eigenvalue weighted by atomic mass is 16.1. The lowest BCUT2D eigenvalue weighted by Crippen LogP contribution is -2.31. The van der Waals surface area contributed by atoms with Crippen molar-refractivity contribution >= 4 is 5.91 Å². The number of hydrogen-bond acceptors (Lipinski definition) is 2. The third-order valence-corrected chi connectivity index (χ3v) is 1.06. The lowest BCUT2D eigenvalue weighted by Gasteiger charge is -2.11. The molecule has 0 saturated carbocycles. The third kappa shape index (κ3) is 5.13. The number of carbonyl (C=O) groups excluding carboxylic acids is 1. The number of terminal acetylenes is 1. The summed E-state index contributed by atoms with van der Waals surface area (Å²) in [6.45, 7) is 1.00. The van der Waals surface area contributed by atoms with Crippen LogP contribution < -0.4 is 5.73 Å². The van der Waals surface area contributed by atoms with Crippen LogP contribution in [-0.4, -0.2) is 30.9 Å². The van der Waals surface area contributed by atoms with Crippen molar-refractivity contribution in [2.24, 2.45) is 5.73 Å². The molecule has 0 aliphatic carbocycles. The van der Waals surface area contributed by atoms with Gasteiger partial charge in [0.05, 0.1) is 6.54 Å². The molecule has 0 aliphatic heterocycles. The maximum absolute atomic E-state index is 10.3. The number of primary amides is 1. The fraction of sp³-hybridized carbons (Fsp3) is 0.571. The standard InChI is InChI=1S/C7H12N2O/c1-3-4-5-9(2)6-7(8)10/h1H,4-6H2,2H3,(H2,8,10). The van der Waals surface area contributed by atoms with Crippen LogP contribution in [-0.2, 0) is 4.79 Å². The van der Waals surface area contributed by atoms with E-state index in [9.17, 15) is 4.79 Å². The van der Waals surface area contributed by atoms with Crippen LogP contribution in [0.25, 0.3) is 0 Å². The number of likely N-dealkylation sites (N-methyl/N-ethyl adjacent to an activating group) is 1. The first-order valence-corrected chi connectivity index (χ1v) is 3.07. The molecule has 0 rings (SSSR count). The molecule has 0 saturated heterocycles. The van der Waals surface area contributed by atoms with Gasteiger partial charge in [0.2, 0.25) is 5.91 Å². The second kappa shape index (κ2) is 4.83. The molecule has 0 heterocycles. The number of nitrogens with two attached hydrogens (primary N) is 1. The second-order valence-electron chi connectivity index (χ2n) is 2.16. The predicted molar refractivity (Wildman–Crippen MR) is 40.1 cm³/mol. The average Bonchev–Trinajstić information content (AvgIpc) is 1.82. The molecule has 0 aromatic carbocycles. The fourth-order valence-corrected chi connectivity index (χ4v) is 0.600. The Morgan fingerprint density at radius 1 is 1.80 bits per heavy atom. The molecule has 0 fully saturated rings. The molecular formula is C7H12N2O. The van der Waals surface area contributed by atoms with Gasteiger partial charge in [-0.3, -0.25) is 9.69 Å². The summed E-state index contributed by atoms with van der Waals surface area (Å²) in [5.41, 5.74) is 4.93. The van der Waals surface area contributed by atoms with E-state index in [0.717, 1.165) is 6.54 Å². The molecule has 10 heavy (non-hydrogen) atoms. The zero-order valence-corrected chi connectivity index (χ0v) is 6.13. The lowest BCUT2D eigenvalue weighted by molar-refractivity contribution is -0.118. The number of carbonyl (C=O) groups is 1. The van der Waals surface area contributed by atoms with Gasteiger partial charge in [0.15, 0.2) is 0 Å². The summed E-state index contributed by atoms with van der Waals surface area (Å²) in [6.07, 6.45) is 5.67. The fourth-order valence-electron chi connectivity index (χ4n) is 0.600. The van der Waals surface area contributed by atoms with E-state index in [-0.39, 0.29) is 12.5 Å². The first-order chi connectivity index (χ1) is 4.66. The largest absolute Gasteiger partial charge is 0.369 e. The maximum atomic E-state index is 10.3. The van der Waals surface area contributed by atoms with E-state index >= 15 is 0 Å². The van der Waals surface area contributed by atoms with Gasteiger partial charge in [-0.1, -0.05) is 0 Å². The normalized spacial score (nSPS) is 9.30. The minimum atomic E-state index is -0.320. The van der Waals surface area contributed by atoms with Crippen LogP contribution in [0.2, 0.25) is 0 Å². The maximum Gasteiger partial charge on any atom is 0.231 e. The highest BCUT2D eigenvalue weighted by molar-refractivity contribution is 5.75. The van der Waals surface area contributed by atoms with Crippen LogP contribution >= 0.6 is 0 Å². The Kier molecular flexibility index (Phi) is 4.34. The summed E-state index contributed by atoms with van der Waals surface area (Å²) >= 11 is 0. The molecule has 0 aromatic rings. The van der Waals surface area contributed by atoms with E-state index in [1.165, 1.54) is 0 Å². The van der Waals surface area contributed by atoms with Crippen LogP contribution in [0.3, 0.4) is 0 Å². The Morgan fingerprint density at radius 3 is 2.80 bits per heavy atom. The summed E-state index contributed by atoms with van der Waals surface area (Å²) in [4.78, 5) is 12.1. The molecule has 3 heteroatoms. The highest BCUT2D eigenvalue weighted by Crippen LogP contribution is 1.83. The zero-order valence-electron chi connectivity index (χ0n) is 6.13. The molecule has 0 spiro atoms. The van der Waals surface area contributed by atoms with Crippen LogP contribution in [0, 0.1) is 12.3 Å². The summed E-state index contributed by atoms with van der Waals surface area (Å²) in [5.74, 6) is 2.16. The molecule has 0 radical (unpaired) electrons. The highest BCUT2D eigenvalue weighted by Gasteiger charge is 1.99. The van der Waals surface area contributed by atoms with Crippen molar-refractivity contribution in [3.05, 3.63) is 0 Å². The summed E-state index contributed by atoms with van der Waals surface area (Å²) < 4.78 is 0. The van der Waals surface area contributed by atoms with Crippen LogP contribution in [0.5, 0.6) is 0 Å². The molecule has 0 bridgehead atoms. The van der Waals surface area contributed by atoms with Crippen molar-refractivity contribution in [2.75, 3.05) is 20.1 Å². The van der Waals surface area contributed by atoms with E-state index in [2.05, 4.69) is 5.92 Å². The molecule has 3 nitrogen and oxygen atoms in total. The van der Waals surface area contributed by atoms with Gasteiger partial charge in [-0.15, -0.1) is 12.3 Å². The SMILES string of the molecule is C#CCCN(C)CC(N)=O. The van der Waals surface area contributed by atoms with Crippen molar-refractivity contribution in [1.29, 1.82) is 0 Å². The van der Waals surface area contributed by atoms with Gasteiger partial charge in [0.1, 0.15) is 0 Å². The minimum Gasteiger partial charge on any atom is -0.369 e. The van der Waals surface area contributed by atoms with Crippen molar-refractivity contribution < 1.29 is 4.79 Å². The zero-order chi connectivity index (χ0) is 7.98. The number of rotatable bonds is 4. The third-order valence-electron chi connectivity index (χ3n) is 1.06. The summed E-state index contributed by atoms with van der Waals surface area (Å²) in [6, 6.07) is 0. The van der Waals surface area contributed by atoms with Gasteiger partial charge < -0.3 is 5.73 Å². The van der Waals surface area contributed by atoms with E-state index < -0.39 is 0 Å². The Balaban J connectivity index is 3.36. The smallest absolute Gasteiger partial charge is 0.231 e. The van der Waals surface area contributed by atoms with Gasteiger partial charge in [0.25, 0.3) is 0 Å². The minimum absolute atomic E-state index is 0.279. The average molecular weight is 140 g/mol. The van der Waals surface area contributed by atoms with E-state index in [4.69, 9.17) is 12.2 Å². The Hall–Kier alpha value is -1.01. The molecule has 0 aromatic heterocycles. The van der Waals surface area contributed by atoms with Crippen molar-refractivity contribution in [1.82, 2.24) is 4.90 Å². The van der Waals surface area contributed by atoms with Gasteiger partial charge >= 0.3 is 0 Å². The van der Waals surface area contributed by atoms with Crippen molar-refractivity contribution in [3.8, 4) is 12.3 Å². The van der Waals surface area contributed by atoms with Gasteiger partial charge in [-0.2, -0.15) is 0 Å². The molecular weight excluding hydrogens is 128 g/mol. The Labute approximate surface area is 61.2 Å². The Morgan fingerprint density at radius 2 is 2.40 bits per heavy atom.